The minimum absolute atomic E-state index is 0.788. The first-order chi connectivity index (χ1) is 12.2. The molecule has 0 saturated heterocycles. The summed E-state index contributed by atoms with van der Waals surface area (Å²) in [6.45, 7) is 1.89. The summed E-state index contributed by atoms with van der Waals surface area (Å²) in [5, 5.41) is 0. The van der Waals surface area contributed by atoms with Gasteiger partial charge < -0.3 is 4.74 Å². The van der Waals surface area contributed by atoms with Gasteiger partial charge in [-0.3, -0.25) is 9.78 Å². The van der Waals surface area contributed by atoms with Crippen molar-refractivity contribution in [1.82, 2.24) is 4.98 Å². The average Bonchev–Trinajstić information content (AvgIpc) is 2.65. The molecule has 1 heterocycles. The summed E-state index contributed by atoms with van der Waals surface area (Å²) in [6.07, 6.45) is 15.8. The number of aromatic nitrogens is 1. The maximum atomic E-state index is 10.5. The van der Waals surface area contributed by atoms with Crippen molar-refractivity contribution in [3.63, 3.8) is 0 Å². The molecule has 0 unspecified atom stereocenters. The summed E-state index contributed by atoms with van der Waals surface area (Å²) >= 11 is 0. The van der Waals surface area contributed by atoms with E-state index in [9.17, 15) is 4.79 Å². The number of ether oxygens (including phenoxy) is 1. The Morgan fingerprint density at radius 1 is 1.08 bits per heavy atom. The molecule has 2 aromatic rings. The van der Waals surface area contributed by atoms with Crippen LogP contribution in [0.15, 0.2) is 84.7 Å². The molecule has 0 saturated carbocycles. The van der Waals surface area contributed by atoms with Crippen LogP contribution >= 0.6 is 0 Å². The van der Waals surface area contributed by atoms with Gasteiger partial charge in [-0.1, -0.05) is 48.6 Å². The molecule has 0 N–H and O–H groups in total. The summed E-state index contributed by atoms with van der Waals surface area (Å²) in [5.41, 5.74) is 4.05. The molecule has 3 nitrogen and oxygen atoms in total. The van der Waals surface area contributed by atoms with E-state index < -0.39 is 0 Å². The normalized spacial score (nSPS) is 12.7. The molecule has 0 bridgehead atoms. The van der Waals surface area contributed by atoms with Crippen molar-refractivity contribution in [2.24, 2.45) is 0 Å². The second-order valence-electron chi connectivity index (χ2n) is 5.38. The van der Waals surface area contributed by atoms with Crippen molar-refractivity contribution in [1.29, 1.82) is 0 Å². The molecule has 0 atom stereocenters. The second kappa shape index (κ2) is 9.83. The average molecular weight is 331 g/mol. The lowest BCUT2D eigenvalue weighted by molar-refractivity contribution is -0.104. The second-order valence-corrected chi connectivity index (χ2v) is 5.38. The molecule has 25 heavy (non-hydrogen) atoms. The molecule has 126 valence electrons. The van der Waals surface area contributed by atoms with Gasteiger partial charge in [-0.05, 0) is 53.5 Å². The van der Waals surface area contributed by atoms with Gasteiger partial charge in [-0.2, -0.15) is 0 Å². The van der Waals surface area contributed by atoms with Crippen molar-refractivity contribution in [2.75, 3.05) is 7.11 Å². The monoisotopic (exact) mass is 331 g/mol. The third kappa shape index (κ3) is 6.07. The van der Waals surface area contributed by atoms with Crippen LogP contribution in [0.25, 0.3) is 11.6 Å². The summed E-state index contributed by atoms with van der Waals surface area (Å²) in [5.74, 6) is 0.819. The predicted molar refractivity (Wildman–Crippen MR) is 103 cm³/mol. The zero-order valence-corrected chi connectivity index (χ0v) is 14.4. The van der Waals surface area contributed by atoms with E-state index in [1.807, 2.05) is 79.9 Å². The van der Waals surface area contributed by atoms with E-state index in [1.54, 1.807) is 13.3 Å². The Morgan fingerprint density at radius 2 is 1.88 bits per heavy atom. The van der Waals surface area contributed by atoms with E-state index in [4.69, 9.17) is 4.74 Å². The number of carbonyl (C=O) groups is 1. The van der Waals surface area contributed by atoms with Gasteiger partial charge in [-0.25, -0.2) is 0 Å². The maximum Gasteiger partial charge on any atom is 0.143 e. The number of hydrogen-bond donors (Lipinski definition) is 0. The third-order valence-corrected chi connectivity index (χ3v) is 3.53. The van der Waals surface area contributed by atoms with Crippen LogP contribution in [0.1, 0.15) is 18.1 Å². The van der Waals surface area contributed by atoms with E-state index in [1.165, 1.54) is 6.08 Å². The molecule has 0 aliphatic heterocycles. The summed E-state index contributed by atoms with van der Waals surface area (Å²) in [7, 11) is 1.65. The van der Waals surface area contributed by atoms with E-state index in [0.29, 0.717) is 0 Å². The number of allylic oxidation sites excluding steroid dienone is 7. The van der Waals surface area contributed by atoms with Crippen LogP contribution < -0.4 is 4.74 Å². The lowest BCUT2D eigenvalue weighted by atomic mass is 10.0. The van der Waals surface area contributed by atoms with Crippen LogP contribution in [0.4, 0.5) is 0 Å². The fourth-order valence-electron chi connectivity index (χ4n) is 2.16. The zero-order chi connectivity index (χ0) is 17.9. The molecule has 0 fully saturated rings. The van der Waals surface area contributed by atoms with Crippen molar-refractivity contribution >= 4 is 17.9 Å². The van der Waals surface area contributed by atoms with Gasteiger partial charge in [-0.15, -0.1) is 0 Å². The SMILES string of the molecule is COc1ccc(C(=C\C=C\C(C)=C\C=O)/C=C/c2cccnc2)cc1. The lowest BCUT2D eigenvalue weighted by Crippen LogP contribution is -1.85. The van der Waals surface area contributed by atoms with Crippen molar-refractivity contribution in [3.8, 4) is 5.75 Å². The van der Waals surface area contributed by atoms with Crippen molar-refractivity contribution < 1.29 is 9.53 Å². The van der Waals surface area contributed by atoms with Gasteiger partial charge in [0.1, 0.15) is 12.0 Å². The number of nitrogens with zero attached hydrogens (tertiary/aromatic N) is 1. The molecule has 3 heteroatoms. The topological polar surface area (TPSA) is 39.2 Å². The molecule has 2 rings (SSSR count). The number of carbonyl (C=O) groups excluding carboxylic acids is 1. The smallest absolute Gasteiger partial charge is 0.143 e. The highest BCUT2D eigenvalue weighted by Gasteiger charge is 1.98. The Labute approximate surface area is 148 Å². The van der Waals surface area contributed by atoms with Crippen LogP contribution in [-0.2, 0) is 4.79 Å². The molecular weight excluding hydrogens is 310 g/mol. The Balaban J connectivity index is 2.31. The first kappa shape index (κ1) is 18.1. The number of aldehydes is 1. The molecule has 0 radical (unpaired) electrons. The van der Waals surface area contributed by atoms with Gasteiger partial charge in [0.15, 0.2) is 0 Å². The Kier molecular flexibility index (Phi) is 7.13. The first-order valence-corrected chi connectivity index (χ1v) is 7.96. The van der Waals surface area contributed by atoms with Gasteiger partial charge in [0, 0.05) is 12.4 Å². The van der Waals surface area contributed by atoms with Crippen LogP contribution in [0, 0.1) is 0 Å². The third-order valence-electron chi connectivity index (χ3n) is 3.53. The first-order valence-electron chi connectivity index (χ1n) is 7.96. The Morgan fingerprint density at radius 3 is 2.52 bits per heavy atom. The number of hydrogen-bond acceptors (Lipinski definition) is 3. The highest BCUT2D eigenvalue weighted by atomic mass is 16.5. The standard InChI is InChI=1S/C22H21NO2/c1-18(14-16-24)5-3-7-20(9-8-19-6-4-15-23-17-19)21-10-12-22(25-2)13-11-21/h3-17H,1-2H3/b5-3+,9-8+,18-14+,20-7-. The van der Waals surface area contributed by atoms with E-state index >= 15 is 0 Å². The van der Waals surface area contributed by atoms with Gasteiger partial charge in [0.25, 0.3) is 0 Å². The lowest BCUT2D eigenvalue weighted by Gasteiger charge is -2.04. The minimum atomic E-state index is 0.788. The molecule has 1 aromatic carbocycles. The fraction of sp³-hybridized carbons (Fsp3) is 0.0909. The number of rotatable bonds is 7. The number of pyridine rings is 1. The van der Waals surface area contributed by atoms with E-state index in [2.05, 4.69) is 4.98 Å². The van der Waals surface area contributed by atoms with Crippen LogP contribution in [0.5, 0.6) is 5.75 Å². The van der Waals surface area contributed by atoms with Crippen molar-refractivity contribution in [3.05, 3.63) is 95.9 Å². The van der Waals surface area contributed by atoms with Crippen LogP contribution in [0.2, 0.25) is 0 Å². The fourth-order valence-corrected chi connectivity index (χ4v) is 2.16. The Hall–Kier alpha value is -3.20. The van der Waals surface area contributed by atoms with Crippen molar-refractivity contribution in [2.45, 2.75) is 6.92 Å². The molecule has 1 aromatic heterocycles. The van der Waals surface area contributed by atoms with Crippen LogP contribution in [0.3, 0.4) is 0 Å². The summed E-state index contributed by atoms with van der Waals surface area (Å²) in [6, 6.07) is 11.8. The van der Waals surface area contributed by atoms with Gasteiger partial charge in [0.2, 0.25) is 0 Å². The Bertz CT molecular complexity index is 798. The predicted octanol–water partition coefficient (Wildman–Crippen LogP) is 4.89. The quantitative estimate of drug-likeness (QED) is 0.412. The molecule has 0 aliphatic rings. The van der Waals surface area contributed by atoms with Crippen LogP contribution in [-0.4, -0.2) is 18.4 Å². The summed E-state index contributed by atoms with van der Waals surface area (Å²) < 4.78 is 5.22. The zero-order valence-electron chi connectivity index (χ0n) is 14.4. The largest absolute Gasteiger partial charge is 0.497 e. The van der Waals surface area contributed by atoms with Gasteiger partial charge >= 0.3 is 0 Å². The summed E-state index contributed by atoms with van der Waals surface area (Å²) in [4.78, 5) is 14.6. The van der Waals surface area contributed by atoms with E-state index in [0.717, 1.165) is 34.3 Å². The minimum Gasteiger partial charge on any atom is -0.497 e. The molecular formula is C22H21NO2. The molecule has 0 spiro atoms. The molecule has 0 amide bonds. The number of benzene rings is 1. The number of methoxy groups -OCH3 is 1. The van der Waals surface area contributed by atoms with Gasteiger partial charge in [0.05, 0.1) is 7.11 Å². The maximum absolute atomic E-state index is 10.5. The molecule has 0 aliphatic carbocycles. The highest BCUT2D eigenvalue weighted by molar-refractivity contribution is 5.80. The van der Waals surface area contributed by atoms with E-state index in [-0.39, 0.29) is 0 Å². The highest BCUT2D eigenvalue weighted by Crippen LogP contribution is 2.21.